The van der Waals surface area contributed by atoms with Crippen LogP contribution in [0.15, 0.2) is 0 Å². The zero-order chi connectivity index (χ0) is 16.0. The average molecular weight is 313 g/mol. The molecule has 2 amide bonds. The summed E-state index contributed by atoms with van der Waals surface area (Å²) >= 11 is 1.58. The van der Waals surface area contributed by atoms with Crippen LogP contribution >= 0.6 is 11.3 Å². The highest BCUT2D eigenvalue weighted by Crippen LogP contribution is 2.24. The third kappa shape index (κ3) is 6.12. The second kappa shape index (κ2) is 7.97. The molecule has 1 rings (SSSR count). The topological polar surface area (TPSA) is 91.3 Å². The number of amides is 2. The molecule has 3 N–H and O–H groups in total. The van der Waals surface area contributed by atoms with Crippen molar-refractivity contribution < 1.29 is 14.7 Å². The summed E-state index contributed by atoms with van der Waals surface area (Å²) < 4.78 is 0. The summed E-state index contributed by atoms with van der Waals surface area (Å²) in [5.41, 5.74) is 0.944. The minimum absolute atomic E-state index is 0.0548. The van der Waals surface area contributed by atoms with Crippen LogP contribution in [0.3, 0.4) is 0 Å². The summed E-state index contributed by atoms with van der Waals surface area (Å²) in [6.45, 7) is 7.67. The van der Waals surface area contributed by atoms with Crippen molar-refractivity contribution in [1.29, 1.82) is 0 Å². The number of aromatic nitrogens is 1. The third-order valence-corrected chi connectivity index (χ3v) is 4.34. The van der Waals surface area contributed by atoms with Crippen LogP contribution in [0.1, 0.15) is 54.7 Å². The lowest BCUT2D eigenvalue weighted by Gasteiger charge is -2.17. The fourth-order valence-corrected chi connectivity index (χ4v) is 3.04. The minimum atomic E-state index is -0.809. The fourth-order valence-electron chi connectivity index (χ4n) is 2.11. The molecule has 1 heterocycles. The lowest BCUT2D eigenvalue weighted by Crippen LogP contribution is -2.41. The lowest BCUT2D eigenvalue weighted by molar-refractivity contribution is -0.137. The number of carboxylic acids is 1. The fraction of sp³-hybridized carbons (Fsp3) is 0.643. The first-order chi connectivity index (χ1) is 9.79. The smallest absolute Gasteiger partial charge is 0.315 e. The van der Waals surface area contributed by atoms with Gasteiger partial charge in [0.2, 0.25) is 0 Å². The number of hydrogen-bond donors (Lipinski definition) is 3. The van der Waals surface area contributed by atoms with Crippen molar-refractivity contribution >= 4 is 23.3 Å². The van der Waals surface area contributed by atoms with Crippen molar-refractivity contribution in [2.75, 3.05) is 0 Å². The number of urea groups is 1. The summed E-state index contributed by atoms with van der Waals surface area (Å²) in [6.07, 6.45) is 1.33. The van der Waals surface area contributed by atoms with E-state index < -0.39 is 5.97 Å². The van der Waals surface area contributed by atoms with E-state index in [-0.39, 0.29) is 24.5 Å². The third-order valence-electron chi connectivity index (χ3n) is 3.09. The van der Waals surface area contributed by atoms with Gasteiger partial charge < -0.3 is 15.7 Å². The quantitative estimate of drug-likeness (QED) is 0.722. The standard InChI is InChI=1S/C14H23N3O3S/c1-8(6-5-7-12(18)19)15-14(20)17-10(3)13-9(2)16-11(4)21-13/h8,10H,5-7H2,1-4H3,(H,18,19)(H2,15,17,20). The van der Waals surface area contributed by atoms with Crippen LogP contribution in [-0.2, 0) is 4.79 Å². The van der Waals surface area contributed by atoms with Gasteiger partial charge in [-0.15, -0.1) is 11.3 Å². The monoisotopic (exact) mass is 313 g/mol. The van der Waals surface area contributed by atoms with Gasteiger partial charge in [-0.1, -0.05) is 0 Å². The molecule has 0 saturated heterocycles. The van der Waals surface area contributed by atoms with E-state index in [1.807, 2.05) is 27.7 Å². The van der Waals surface area contributed by atoms with Crippen LogP contribution in [0.5, 0.6) is 0 Å². The first kappa shape index (κ1) is 17.4. The summed E-state index contributed by atoms with van der Waals surface area (Å²) in [6, 6.07) is -0.390. The van der Waals surface area contributed by atoms with Crippen LogP contribution in [0.2, 0.25) is 0 Å². The molecular weight excluding hydrogens is 290 g/mol. The van der Waals surface area contributed by atoms with Gasteiger partial charge >= 0.3 is 12.0 Å². The summed E-state index contributed by atoms with van der Waals surface area (Å²) in [5, 5.41) is 15.3. The van der Waals surface area contributed by atoms with Crippen molar-refractivity contribution in [2.24, 2.45) is 0 Å². The van der Waals surface area contributed by atoms with Gasteiger partial charge in [0.1, 0.15) is 0 Å². The second-order valence-electron chi connectivity index (χ2n) is 5.21. The van der Waals surface area contributed by atoms with E-state index in [9.17, 15) is 9.59 Å². The number of carbonyl (C=O) groups excluding carboxylic acids is 1. The number of thiazole rings is 1. The predicted molar refractivity (Wildman–Crippen MR) is 82.6 cm³/mol. The Morgan fingerprint density at radius 1 is 1.29 bits per heavy atom. The van der Waals surface area contributed by atoms with Crippen LogP contribution in [-0.4, -0.2) is 28.1 Å². The van der Waals surface area contributed by atoms with Crippen molar-refractivity contribution in [1.82, 2.24) is 15.6 Å². The number of aryl methyl sites for hydroxylation is 2. The Morgan fingerprint density at radius 2 is 1.95 bits per heavy atom. The Bertz CT molecular complexity index is 502. The molecule has 0 bridgehead atoms. The van der Waals surface area contributed by atoms with Gasteiger partial charge in [0.15, 0.2) is 0 Å². The molecule has 1 aromatic heterocycles. The molecule has 2 atom stereocenters. The molecule has 2 unspecified atom stereocenters. The number of carbonyl (C=O) groups is 2. The number of hydrogen-bond acceptors (Lipinski definition) is 4. The molecule has 0 radical (unpaired) electrons. The van der Waals surface area contributed by atoms with E-state index >= 15 is 0 Å². The Hall–Kier alpha value is -1.63. The zero-order valence-corrected chi connectivity index (χ0v) is 13.7. The van der Waals surface area contributed by atoms with Gasteiger partial charge in [-0.3, -0.25) is 4.79 Å². The second-order valence-corrected chi connectivity index (χ2v) is 6.44. The van der Waals surface area contributed by atoms with Crippen molar-refractivity contribution in [3.63, 3.8) is 0 Å². The van der Waals surface area contributed by atoms with Gasteiger partial charge in [-0.05, 0) is 40.5 Å². The van der Waals surface area contributed by atoms with Gasteiger partial charge in [0, 0.05) is 17.3 Å². The summed E-state index contributed by atoms with van der Waals surface area (Å²) in [4.78, 5) is 27.7. The first-order valence-electron chi connectivity index (χ1n) is 7.02. The SMILES string of the molecule is Cc1nc(C)c(C(C)NC(=O)NC(C)CCCC(=O)O)s1. The first-order valence-corrected chi connectivity index (χ1v) is 7.84. The molecule has 1 aromatic rings. The molecule has 118 valence electrons. The summed E-state index contributed by atoms with van der Waals surface area (Å²) in [5.74, 6) is -0.809. The van der Waals surface area contributed by atoms with E-state index in [0.29, 0.717) is 12.8 Å². The van der Waals surface area contributed by atoms with Crippen molar-refractivity contribution in [2.45, 2.75) is 59.0 Å². The van der Waals surface area contributed by atoms with Gasteiger partial charge in [0.25, 0.3) is 0 Å². The molecule has 7 heteroatoms. The lowest BCUT2D eigenvalue weighted by atomic mass is 10.1. The number of carboxylic acid groups (broad SMARTS) is 1. The number of rotatable bonds is 7. The predicted octanol–water partition coefficient (Wildman–Crippen LogP) is 2.76. The maximum Gasteiger partial charge on any atom is 0.315 e. The van der Waals surface area contributed by atoms with E-state index in [0.717, 1.165) is 15.6 Å². The molecule has 6 nitrogen and oxygen atoms in total. The Labute approximate surface area is 129 Å². The molecule has 0 spiro atoms. The number of nitrogens with one attached hydrogen (secondary N) is 2. The van der Waals surface area contributed by atoms with Crippen LogP contribution in [0.25, 0.3) is 0 Å². The maximum absolute atomic E-state index is 11.9. The molecule has 0 saturated carbocycles. The summed E-state index contributed by atoms with van der Waals surface area (Å²) in [7, 11) is 0. The Balaban J connectivity index is 2.39. The maximum atomic E-state index is 11.9. The molecule has 0 aliphatic carbocycles. The normalized spacial score (nSPS) is 13.5. The molecular formula is C14H23N3O3S. The van der Waals surface area contributed by atoms with Crippen LogP contribution < -0.4 is 10.6 Å². The number of aliphatic carboxylic acids is 1. The average Bonchev–Trinajstić information content (AvgIpc) is 2.67. The molecule has 0 fully saturated rings. The van der Waals surface area contributed by atoms with E-state index in [1.54, 1.807) is 11.3 Å². The molecule has 0 aromatic carbocycles. The number of nitrogens with zero attached hydrogens (tertiary/aromatic N) is 1. The van der Waals surface area contributed by atoms with Crippen molar-refractivity contribution in [3.8, 4) is 0 Å². The minimum Gasteiger partial charge on any atom is -0.481 e. The highest BCUT2D eigenvalue weighted by molar-refractivity contribution is 7.11. The molecule has 21 heavy (non-hydrogen) atoms. The zero-order valence-electron chi connectivity index (χ0n) is 12.9. The highest BCUT2D eigenvalue weighted by atomic mass is 32.1. The van der Waals surface area contributed by atoms with Crippen LogP contribution in [0.4, 0.5) is 4.79 Å². The Morgan fingerprint density at radius 3 is 2.48 bits per heavy atom. The largest absolute Gasteiger partial charge is 0.481 e. The van der Waals surface area contributed by atoms with E-state index in [4.69, 9.17) is 5.11 Å². The molecule has 0 aliphatic rings. The van der Waals surface area contributed by atoms with E-state index in [1.165, 1.54) is 0 Å². The van der Waals surface area contributed by atoms with Crippen molar-refractivity contribution in [3.05, 3.63) is 15.6 Å². The van der Waals surface area contributed by atoms with Gasteiger partial charge in [0.05, 0.1) is 16.7 Å². The molecule has 0 aliphatic heterocycles. The van der Waals surface area contributed by atoms with Crippen LogP contribution in [0, 0.1) is 13.8 Å². The Kier molecular flexibility index (Phi) is 6.61. The van der Waals surface area contributed by atoms with Gasteiger partial charge in [-0.25, -0.2) is 9.78 Å². The highest BCUT2D eigenvalue weighted by Gasteiger charge is 2.16. The van der Waals surface area contributed by atoms with Gasteiger partial charge in [-0.2, -0.15) is 0 Å². The van der Waals surface area contributed by atoms with E-state index in [2.05, 4.69) is 15.6 Å².